The highest BCUT2D eigenvalue weighted by molar-refractivity contribution is 9.11. The summed E-state index contributed by atoms with van der Waals surface area (Å²) in [7, 11) is 0. The summed E-state index contributed by atoms with van der Waals surface area (Å²) < 4.78 is 8.14. The average Bonchev–Trinajstić information content (AvgIpc) is 2.66. The first-order chi connectivity index (χ1) is 9.02. The number of halogens is 2. The van der Waals surface area contributed by atoms with Crippen molar-refractivity contribution in [1.82, 2.24) is 5.32 Å². The Bertz CT molecular complexity index is 575. The van der Waals surface area contributed by atoms with E-state index in [9.17, 15) is 0 Å². The smallest absolute Gasteiger partial charge is 0.148 e. The summed E-state index contributed by atoms with van der Waals surface area (Å²) in [5.74, 6) is 1.06. The first kappa shape index (κ1) is 15.1. The van der Waals surface area contributed by atoms with E-state index < -0.39 is 0 Å². The molecule has 0 radical (unpaired) electrons. The van der Waals surface area contributed by atoms with Gasteiger partial charge >= 0.3 is 0 Å². The Morgan fingerprint density at radius 3 is 2.63 bits per heavy atom. The standard InChI is InChI=1S/C15H19Br2NO/c1-4-5-11-12-6-10(16)7-13(17)15(12)19-14(11)8-18-9(2)3/h6-7,9,18H,4-5,8H2,1-3H3. The molecule has 0 atom stereocenters. The molecule has 0 aliphatic heterocycles. The predicted octanol–water partition coefficient (Wildman–Crippen LogP) is 5.41. The third-order valence-corrected chi connectivity index (χ3v) is 4.11. The first-order valence-electron chi connectivity index (χ1n) is 6.65. The molecular formula is C15H19Br2NO. The highest BCUT2D eigenvalue weighted by Crippen LogP contribution is 2.35. The molecule has 0 fully saturated rings. The van der Waals surface area contributed by atoms with Crippen molar-refractivity contribution in [2.24, 2.45) is 0 Å². The van der Waals surface area contributed by atoms with Crippen molar-refractivity contribution >= 4 is 42.8 Å². The van der Waals surface area contributed by atoms with Gasteiger partial charge in [-0.1, -0.05) is 43.1 Å². The summed E-state index contributed by atoms with van der Waals surface area (Å²) in [6, 6.07) is 4.63. The number of furan rings is 1. The van der Waals surface area contributed by atoms with Gasteiger partial charge in [0.1, 0.15) is 11.3 Å². The van der Waals surface area contributed by atoms with Crippen LogP contribution in [0.1, 0.15) is 38.5 Å². The van der Waals surface area contributed by atoms with Crippen LogP contribution in [0.25, 0.3) is 11.0 Å². The number of hydrogen-bond acceptors (Lipinski definition) is 2. The Hall–Kier alpha value is -0.320. The minimum absolute atomic E-state index is 0.456. The summed E-state index contributed by atoms with van der Waals surface area (Å²) in [5, 5.41) is 4.65. The third-order valence-electron chi connectivity index (χ3n) is 3.07. The minimum atomic E-state index is 0.456. The van der Waals surface area contributed by atoms with E-state index in [0.29, 0.717) is 6.04 Å². The largest absolute Gasteiger partial charge is 0.458 e. The van der Waals surface area contributed by atoms with Crippen LogP contribution < -0.4 is 5.32 Å². The zero-order valence-corrected chi connectivity index (χ0v) is 14.7. The Kier molecular flexibility index (Phi) is 5.09. The van der Waals surface area contributed by atoms with Crippen LogP contribution in [0, 0.1) is 0 Å². The zero-order valence-electron chi connectivity index (χ0n) is 11.5. The topological polar surface area (TPSA) is 25.2 Å². The van der Waals surface area contributed by atoms with Crippen LogP contribution in [-0.4, -0.2) is 6.04 Å². The van der Waals surface area contributed by atoms with E-state index in [1.807, 2.05) is 6.07 Å². The molecule has 1 heterocycles. The van der Waals surface area contributed by atoms with Gasteiger partial charge in [0.25, 0.3) is 0 Å². The Morgan fingerprint density at radius 2 is 2.00 bits per heavy atom. The van der Waals surface area contributed by atoms with Gasteiger partial charge in [0, 0.05) is 21.5 Å². The third kappa shape index (κ3) is 3.41. The van der Waals surface area contributed by atoms with E-state index in [1.54, 1.807) is 0 Å². The Labute approximate surface area is 131 Å². The SMILES string of the molecule is CCCc1c(CNC(C)C)oc2c(Br)cc(Br)cc12. The number of nitrogens with one attached hydrogen (secondary N) is 1. The van der Waals surface area contributed by atoms with E-state index in [-0.39, 0.29) is 0 Å². The van der Waals surface area contributed by atoms with E-state index >= 15 is 0 Å². The fourth-order valence-electron chi connectivity index (χ4n) is 2.19. The number of fused-ring (bicyclic) bond motifs is 1. The fourth-order valence-corrected chi connectivity index (χ4v) is 3.49. The molecule has 0 saturated heterocycles. The molecule has 2 aromatic rings. The second-order valence-electron chi connectivity index (χ2n) is 5.05. The van der Waals surface area contributed by atoms with Crippen molar-refractivity contribution < 1.29 is 4.42 Å². The number of aryl methyl sites for hydroxylation is 1. The van der Waals surface area contributed by atoms with Crippen LogP contribution in [0.5, 0.6) is 0 Å². The van der Waals surface area contributed by atoms with Gasteiger partial charge in [-0.2, -0.15) is 0 Å². The van der Waals surface area contributed by atoms with Gasteiger partial charge in [0.05, 0.1) is 11.0 Å². The maximum absolute atomic E-state index is 6.06. The number of rotatable bonds is 5. The van der Waals surface area contributed by atoms with Crippen LogP contribution in [0.3, 0.4) is 0 Å². The maximum Gasteiger partial charge on any atom is 0.148 e. The van der Waals surface area contributed by atoms with Gasteiger partial charge in [0.15, 0.2) is 0 Å². The summed E-state index contributed by atoms with van der Waals surface area (Å²) in [6.07, 6.45) is 2.17. The fraction of sp³-hybridized carbons (Fsp3) is 0.467. The van der Waals surface area contributed by atoms with Crippen molar-refractivity contribution in [1.29, 1.82) is 0 Å². The van der Waals surface area contributed by atoms with Gasteiger partial charge < -0.3 is 9.73 Å². The van der Waals surface area contributed by atoms with Crippen molar-refractivity contribution in [3.05, 3.63) is 32.4 Å². The van der Waals surface area contributed by atoms with Gasteiger partial charge in [-0.3, -0.25) is 0 Å². The summed E-state index contributed by atoms with van der Waals surface area (Å²) in [4.78, 5) is 0. The van der Waals surface area contributed by atoms with E-state index in [0.717, 1.165) is 39.7 Å². The molecule has 0 unspecified atom stereocenters. The summed E-state index contributed by atoms with van der Waals surface area (Å²) >= 11 is 7.13. The second-order valence-corrected chi connectivity index (χ2v) is 6.82. The molecule has 0 saturated carbocycles. The number of benzene rings is 1. The Balaban J connectivity index is 2.50. The van der Waals surface area contributed by atoms with Crippen molar-refractivity contribution in [2.45, 2.75) is 46.2 Å². The van der Waals surface area contributed by atoms with Gasteiger partial charge in [-0.25, -0.2) is 0 Å². The number of hydrogen-bond donors (Lipinski definition) is 1. The summed E-state index contributed by atoms with van der Waals surface area (Å²) in [6.45, 7) is 7.28. The lowest BCUT2D eigenvalue weighted by Gasteiger charge is -2.07. The van der Waals surface area contributed by atoms with Crippen molar-refractivity contribution in [3.8, 4) is 0 Å². The monoisotopic (exact) mass is 387 g/mol. The average molecular weight is 389 g/mol. The Morgan fingerprint density at radius 1 is 1.26 bits per heavy atom. The molecule has 19 heavy (non-hydrogen) atoms. The molecule has 1 aromatic carbocycles. The molecule has 2 nitrogen and oxygen atoms in total. The molecule has 0 amide bonds. The highest BCUT2D eigenvalue weighted by Gasteiger charge is 2.16. The molecule has 2 rings (SSSR count). The molecule has 0 aliphatic rings. The molecule has 104 valence electrons. The van der Waals surface area contributed by atoms with Crippen molar-refractivity contribution in [3.63, 3.8) is 0 Å². The van der Waals surface area contributed by atoms with Crippen LogP contribution in [0.15, 0.2) is 25.5 Å². The van der Waals surface area contributed by atoms with Gasteiger partial charge in [-0.05, 0) is 34.5 Å². The zero-order chi connectivity index (χ0) is 14.0. The van der Waals surface area contributed by atoms with Crippen LogP contribution in [0.4, 0.5) is 0 Å². The van der Waals surface area contributed by atoms with Gasteiger partial charge in [0.2, 0.25) is 0 Å². The first-order valence-corrected chi connectivity index (χ1v) is 8.24. The van der Waals surface area contributed by atoms with Crippen LogP contribution in [-0.2, 0) is 13.0 Å². The minimum Gasteiger partial charge on any atom is -0.458 e. The lowest BCUT2D eigenvalue weighted by molar-refractivity contribution is 0.482. The second kappa shape index (κ2) is 6.42. The molecule has 1 N–H and O–H groups in total. The lowest BCUT2D eigenvalue weighted by Crippen LogP contribution is -2.22. The molecule has 0 aliphatic carbocycles. The van der Waals surface area contributed by atoms with Gasteiger partial charge in [-0.15, -0.1) is 0 Å². The quantitative estimate of drug-likeness (QED) is 0.740. The van der Waals surface area contributed by atoms with E-state index in [4.69, 9.17) is 4.42 Å². The van der Waals surface area contributed by atoms with Crippen molar-refractivity contribution in [2.75, 3.05) is 0 Å². The predicted molar refractivity (Wildman–Crippen MR) is 87.6 cm³/mol. The molecule has 4 heteroatoms. The normalized spacial score (nSPS) is 11.7. The molecule has 0 bridgehead atoms. The lowest BCUT2D eigenvalue weighted by atomic mass is 10.1. The molecular weight excluding hydrogens is 370 g/mol. The van der Waals surface area contributed by atoms with E-state index in [1.165, 1.54) is 10.9 Å². The maximum atomic E-state index is 6.06. The molecule has 0 spiro atoms. The summed E-state index contributed by atoms with van der Waals surface area (Å²) in [5.41, 5.74) is 2.28. The van der Waals surface area contributed by atoms with Crippen LogP contribution >= 0.6 is 31.9 Å². The van der Waals surface area contributed by atoms with Crippen LogP contribution in [0.2, 0.25) is 0 Å². The van der Waals surface area contributed by atoms with E-state index in [2.05, 4.69) is 64.0 Å². The molecule has 1 aromatic heterocycles. The highest BCUT2D eigenvalue weighted by atomic mass is 79.9.